The first-order valence-corrected chi connectivity index (χ1v) is 10.5. The Kier molecular flexibility index (Phi) is 7.26. The molecule has 3 rings (SSSR count). The molecule has 0 aliphatic carbocycles. The third-order valence-corrected chi connectivity index (χ3v) is 5.36. The molecule has 0 aliphatic rings. The molecular weight excluding hydrogens is 428 g/mol. The molecule has 1 aromatic heterocycles. The van der Waals surface area contributed by atoms with E-state index in [1.54, 1.807) is 55.8 Å². The van der Waals surface area contributed by atoms with E-state index in [-0.39, 0.29) is 28.5 Å². The van der Waals surface area contributed by atoms with Gasteiger partial charge in [-0.3, -0.25) is 4.79 Å². The molecule has 0 atom stereocenters. The number of hydrogen-bond acceptors (Lipinski definition) is 7. The number of hydrogen-bond donors (Lipinski definition) is 2. The third kappa shape index (κ3) is 5.14. The van der Waals surface area contributed by atoms with Crippen molar-refractivity contribution in [2.24, 2.45) is 0 Å². The van der Waals surface area contributed by atoms with Gasteiger partial charge < -0.3 is 19.9 Å². The number of anilines is 1. The van der Waals surface area contributed by atoms with Gasteiger partial charge in [0.2, 0.25) is 0 Å². The van der Waals surface area contributed by atoms with Crippen LogP contribution in [0, 0.1) is 11.3 Å². The summed E-state index contributed by atoms with van der Waals surface area (Å²) in [6, 6.07) is 15.1. The molecule has 0 fully saturated rings. The fraction of sp³-hybridized carbons (Fsp3) is 0.125. The number of amides is 1. The lowest BCUT2D eigenvalue weighted by Gasteiger charge is -2.09. The van der Waals surface area contributed by atoms with Gasteiger partial charge in [0.15, 0.2) is 0 Å². The normalized spacial score (nSPS) is 10.8. The van der Waals surface area contributed by atoms with Crippen LogP contribution in [0.3, 0.4) is 0 Å². The van der Waals surface area contributed by atoms with Gasteiger partial charge in [0.25, 0.3) is 5.91 Å². The largest absolute Gasteiger partial charge is 0.508 e. The topological polar surface area (TPSA) is 109 Å². The summed E-state index contributed by atoms with van der Waals surface area (Å²) in [5.74, 6) is -0.479. The summed E-state index contributed by atoms with van der Waals surface area (Å²) in [4.78, 5) is 25.5. The summed E-state index contributed by atoms with van der Waals surface area (Å²) in [5, 5.41) is 23.5. The molecule has 1 heterocycles. The van der Waals surface area contributed by atoms with E-state index in [4.69, 9.17) is 9.47 Å². The summed E-state index contributed by atoms with van der Waals surface area (Å²) < 4.78 is 10.4. The fourth-order valence-corrected chi connectivity index (χ4v) is 3.85. The molecule has 0 saturated carbocycles. The minimum absolute atomic E-state index is 0.0776. The number of phenolic OH excluding ortho intramolecular Hbond substituents is 1. The summed E-state index contributed by atoms with van der Waals surface area (Å²) in [6.45, 7) is 1.87. The van der Waals surface area contributed by atoms with Crippen LogP contribution < -0.4 is 10.1 Å². The zero-order valence-corrected chi connectivity index (χ0v) is 18.2. The predicted molar refractivity (Wildman–Crippen MR) is 123 cm³/mol. The molecule has 1 amide bonds. The number of thiophene rings is 1. The lowest BCUT2D eigenvalue weighted by molar-refractivity contribution is -0.112. The standard InChI is InChI=1S/C24H20N2O5S/c1-3-31-24(29)21-20(16-6-10-19(30-2)11-7-16)14-32-23(21)26-22(28)17(13-25)12-15-4-8-18(27)9-5-15/h4-12,14,27H,3H2,1-2H3,(H,26,28)/b17-12+. The lowest BCUT2D eigenvalue weighted by Crippen LogP contribution is -2.16. The number of nitrogens with one attached hydrogen (secondary N) is 1. The van der Waals surface area contributed by atoms with Crippen LogP contribution in [0.25, 0.3) is 17.2 Å². The van der Waals surface area contributed by atoms with E-state index in [1.165, 1.54) is 29.5 Å². The van der Waals surface area contributed by atoms with E-state index < -0.39 is 11.9 Å². The van der Waals surface area contributed by atoms with E-state index in [0.29, 0.717) is 16.9 Å². The number of nitrogens with zero attached hydrogens (tertiary/aromatic N) is 1. The van der Waals surface area contributed by atoms with Gasteiger partial charge in [0, 0.05) is 10.9 Å². The van der Waals surface area contributed by atoms with Crippen molar-refractivity contribution in [1.82, 2.24) is 0 Å². The van der Waals surface area contributed by atoms with Crippen molar-refractivity contribution in [1.29, 1.82) is 5.26 Å². The maximum Gasteiger partial charge on any atom is 0.341 e. The Balaban J connectivity index is 1.95. The maximum absolute atomic E-state index is 12.8. The van der Waals surface area contributed by atoms with Crippen molar-refractivity contribution in [2.75, 3.05) is 19.0 Å². The molecule has 0 spiro atoms. The Labute approximate surface area is 189 Å². The Hall–Kier alpha value is -4.09. The Bertz CT molecular complexity index is 1190. The first-order chi connectivity index (χ1) is 15.5. The number of nitriles is 1. The molecule has 0 aliphatic heterocycles. The Morgan fingerprint density at radius 2 is 1.84 bits per heavy atom. The second kappa shape index (κ2) is 10.3. The molecule has 7 nitrogen and oxygen atoms in total. The van der Waals surface area contributed by atoms with Crippen LogP contribution in [0.2, 0.25) is 0 Å². The predicted octanol–water partition coefficient (Wildman–Crippen LogP) is 4.85. The van der Waals surface area contributed by atoms with Gasteiger partial charge in [-0.25, -0.2) is 4.79 Å². The van der Waals surface area contributed by atoms with Gasteiger partial charge in [-0.05, 0) is 48.4 Å². The van der Waals surface area contributed by atoms with Crippen molar-refractivity contribution in [3.8, 4) is 28.7 Å². The van der Waals surface area contributed by atoms with E-state index in [1.807, 2.05) is 6.07 Å². The molecule has 2 aromatic carbocycles. The highest BCUT2D eigenvalue weighted by Crippen LogP contribution is 2.37. The average molecular weight is 449 g/mol. The minimum Gasteiger partial charge on any atom is -0.508 e. The van der Waals surface area contributed by atoms with Crippen LogP contribution >= 0.6 is 11.3 Å². The minimum atomic E-state index is -0.658. The monoisotopic (exact) mass is 448 g/mol. The van der Waals surface area contributed by atoms with Crippen LogP contribution in [0.4, 0.5) is 5.00 Å². The summed E-state index contributed by atoms with van der Waals surface area (Å²) in [6.07, 6.45) is 1.40. The number of rotatable bonds is 7. The number of esters is 1. The first kappa shape index (κ1) is 22.6. The number of carbonyl (C=O) groups is 2. The number of phenols is 1. The van der Waals surface area contributed by atoms with E-state index in [2.05, 4.69) is 5.32 Å². The van der Waals surface area contributed by atoms with Crippen molar-refractivity contribution in [3.63, 3.8) is 0 Å². The zero-order chi connectivity index (χ0) is 23.1. The molecule has 2 N–H and O–H groups in total. The van der Waals surface area contributed by atoms with Gasteiger partial charge in [-0.15, -0.1) is 11.3 Å². The lowest BCUT2D eigenvalue weighted by atomic mass is 10.0. The van der Waals surface area contributed by atoms with Crippen molar-refractivity contribution < 1.29 is 24.2 Å². The van der Waals surface area contributed by atoms with Crippen LogP contribution in [-0.4, -0.2) is 30.7 Å². The molecule has 0 unspecified atom stereocenters. The van der Waals surface area contributed by atoms with Crippen molar-refractivity contribution in [2.45, 2.75) is 6.92 Å². The molecule has 0 radical (unpaired) electrons. The Morgan fingerprint density at radius 1 is 1.16 bits per heavy atom. The number of carbonyl (C=O) groups excluding carboxylic acids is 2. The van der Waals surface area contributed by atoms with Crippen LogP contribution in [0.15, 0.2) is 59.5 Å². The van der Waals surface area contributed by atoms with E-state index in [9.17, 15) is 20.0 Å². The smallest absolute Gasteiger partial charge is 0.341 e. The molecular formula is C24H20N2O5S. The molecule has 162 valence electrons. The number of methoxy groups -OCH3 is 1. The van der Waals surface area contributed by atoms with Crippen molar-refractivity contribution in [3.05, 3.63) is 70.6 Å². The molecule has 8 heteroatoms. The summed E-state index contributed by atoms with van der Waals surface area (Å²) in [5.41, 5.74) is 2.01. The zero-order valence-electron chi connectivity index (χ0n) is 17.4. The molecule has 3 aromatic rings. The van der Waals surface area contributed by atoms with Gasteiger partial charge in [0.05, 0.1) is 13.7 Å². The van der Waals surface area contributed by atoms with Gasteiger partial charge in [0.1, 0.15) is 33.7 Å². The van der Waals surface area contributed by atoms with Gasteiger partial charge in [-0.1, -0.05) is 24.3 Å². The summed E-state index contributed by atoms with van der Waals surface area (Å²) >= 11 is 1.17. The van der Waals surface area contributed by atoms with Gasteiger partial charge >= 0.3 is 5.97 Å². The number of aromatic hydroxyl groups is 1. The highest BCUT2D eigenvalue weighted by Gasteiger charge is 2.23. The quantitative estimate of drug-likeness (QED) is 0.304. The van der Waals surface area contributed by atoms with E-state index in [0.717, 1.165) is 5.56 Å². The SMILES string of the molecule is CCOC(=O)c1c(-c2ccc(OC)cc2)csc1NC(=O)/C(C#N)=C/c1ccc(O)cc1. The molecule has 0 saturated heterocycles. The van der Waals surface area contributed by atoms with E-state index >= 15 is 0 Å². The average Bonchev–Trinajstić information content (AvgIpc) is 3.22. The van der Waals surface area contributed by atoms with Crippen LogP contribution in [0.1, 0.15) is 22.8 Å². The second-order valence-electron chi connectivity index (χ2n) is 6.52. The van der Waals surface area contributed by atoms with Crippen molar-refractivity contribution >= 4 is 34.3 Å². The Morgan fingerprint density at radius 3 is 2.44 bits per heavy atom. The van der Waals surface area contributed by atoms with Crippen LogP contribution in [0.5, 0.6) is 11.5 Å². The highest BCUT2D eigenvalue weighted by atomic mass is 32.1. The summed E-state index contributed by atoms with van der Waals surface area (Å²) in [7, 11) is 1.57. The second-order valence-corrected chi connectivity index (χ2v) is 7.40. The third-order valence-electron chi connectivity index (χ3n) is 4.47. The highest BCUT2D eigenvalue weighted by molar-refractivity contribution is 7.15. The number of ether oxygens (including phenoxy) is 2. The van der Waals surface area contributed by atoms with Crippen LogP contribution in [-0.2, 0) is 9.53 Å². The molecule has 0 bridgehead atoms. The fourth-order valence-electron chi connectivity index (χ4n) is 2.90. The van der Waals surface area contributed by atoms with Gasteiger partial charge in [-0.2, -0.15) is 5.26 Å². The number of benzene rings is 2. The molecule has 32 heavy (non-hydrogen) atoms. The maximum atomic E-state index is 12.8. The first-order valence-electron chi connectivity index (χ1n) is 9.62.